The van der Waals surface area contributed by atoms with Gasteiger partial charge >= 0.3 is 0 Å². The van der Waals surface area contributed by atoms with Crippen molar-refractivity contribution >= 4 is 11.9 Å². The van der Waals surface area contributed by atoms with E-state index in [1.807, 2.05) is 18.2 Å². The highest BCUT2D eigenvalue weighted by atomic mass is 16.5. The monoisotopic (exact) mass is 260 g/mol. The Hall–Kier alpha value is -2.04. The molecule has 0 unspecified atom stereocenters. The topological polar surface area (TPSA) is 69.7 Å². The number of carboxylic acids is 1. The molecule has 100 valence electrons. The summed E-state index contributed by atoms with van der Waals surface area (Å²) in [4.78, 5) is 24.9. The number of piperidine rings is 1. The number of nitrogens with zero attached hydrogens (tertiary/aromatic N) is 1. The number of amides is 1. The van der Waals surface area contributed by atoms with E-state index in [1.165, 1.54) is 4.90 Å². The number of benzene rings is 1. The fraction of sp³-hybridized carbons (Fsp3) is 0.429. The van der Waals surface area contributed by atoms with E-state index in [-0.39, 0.29) is 5.92 Å². The molecule has 1 amide bonds. The Morgan fingerprint density at radius 3 is 2.84 bits per heavy atom. The van der Waals surface area contributed by atoms with Crippen LogP contribution in [0.25, 0.3) is 0 Å². The molecule has 1 fully saturated rings. The number of aliphatic carboxylic acids is 1. The number of para-hydroxylation sites is 1. The number of fused-ring (bicyclic) bond motifs is 4. The van der Waals surface area contributed by atoms with Gasteiger partial charge in [0.15, 0.2) is 5.72 Å². The van der Waals surface area contributed by atoms with Crippen LogP contribution < -0.4 is 9.84 Å². The second kappa shape index (κ2) is 3.73. The molecule has 1 aromatic carbocycles. The second-order valence-electron chi connectivity index (χ2n) is 5.32. The van der Waals surface area contributed by atoms with Gasteiger partial charge in [-0.15, -0.1) is 0 Å². The van der Waals surface area contributed by atoms with E-state index in [1.54, 1.807) is 20.0 Å². The van der Waals surface area contributed by atoms with Crippen LogP contribution in [0.2, 0.25) is 0 Å². The van der Waals surface area contributed by atoms with Crippen LogP contribution in [0.1, 0.15) is 24.8 Å². The van der Waals surface area contributed by atoms with E-state index in [4.69, 9.17) is 4.74 Å². The summed E-state index contributed by atoms with van der Waals surface area (Å²) >= 11 is 0. The summed E-state index contributed by atoms with van der Waals surface area (Å²) in [5.74, 6) is -2.65. The molecule has 19 heavy (non-hydrogen) atoms. The summed E-state index contributed by atoms with van der Waals surface area (Å²) in [6, 6.07) is 7.27. The van der Waals surface area contributed by atoms with Crippen LogP contribution in [0.5, 0.6) is 5.75 Å². The van der Waals surface area contributed by atoms with Gasteiger partial charge in [-0.25, -0.2) is 0 Å². The maximum atomic E-state index is 12.2. The normalized spacial score (nSPS) is 32.5. The Balaban J connectivity index is 2.17. The minimum atomic E-state index is -1.32. The number of carbonyl (C=O) groups is 2. The first kappa shape index (κ1) is 12.0. The molecule has 2 bridgehead atoms. The molecule has 0 saturated carbocycles. The van der Waals surface area contributed by atoms with Crippen LogP contribution in [0, 0.1) is 5.92 Å². The van der Waals surface area contributed by atoms with Gasteiger partial charge in [0.1, 0.15) is 5.75 Å². The Kier molecular flexibility index (Phi) is 2.36. The molecule has 1 saturated heterocycles. The summed E-state index contributed by atoms with van der Waals surface area (Å²) in [6.45, 7) is 1.80. The zero-order chi connectivity index (χ0) is 13.8. The van der Waals surface area contributed by atoms with Gasteiger partial charge in [-0.1, -0.05) is 18.2 Å². The van der Waals surface area contributed by atoms with Crippen molar-refractivity contribution < 1.29 is 19.4 Å². The first-order valence-electron chi connectivity index (χ1n) is 6.20. The Labute approximate surface area is 110 Å². The van der Waals surface area contributed by atoms with Crippen LogP contribution in [-0.2, 0) is 9.59 Å². The van der Waals surface area contributed by atoms with Crippen LogP contribution in [0.4, 0.5) is 0 Å². The van der Waals surface area contributed by atoms with Crippen molar-refractivity contribution in [2.75, 3.05) is 7.05 Å². The number of rotatable bonds is 1. The molecular weight excluding hydrogens is 246 g/mol. The molecule has 0 spiro atoms. The van der Waals surface area contributed by atoms with E-state index >= 15 is 0 Å². The lowest BCUT2D eigenvalue weighted by Crippen LogP contribution is -2.63. The summed E-state index contributed by atoms with van der Waals surface area (Å²) in [7, 11) is 1.57. The van der Waals surface area contributed by atoms with Crippen LogP contribution in [0.3, 0.4) is 0 Å². The number of ether oxygens (including phenoxy) is 1. The lowest BCUT2D eigenvalue weighted by molar-refractivity contribution is -0.313. The zero-order valence-electron chi connectivity index (χ0n) is 10.8. The molecule has 3 atom stereocenters. The SMILES string of the molecule is CN1C(=O)[C@@H](C(=O)[O-])[C@@H]2C[C@@]1(C)Oc1ccccc12. The fourth-order valence-electron chi connectivity index (χ4n) is 3.06. The molecule has 0 aromatic heterocycles. The van der Waals surface area contributed by atoms with Gasteiger partial charge in [0.05, 0.1) is 11.9 Å². The maximum absolute atomic E-state index is 12.2. The predicted octanol–water partition coefficient (Wildman–Crippen LogP) is 0.107. The van der Waals surface area contributed by atoms with E-state index in [9.17, 15) is 14.7 Å². The number of carboxylic acid groups (broad SMARTS) is 1. The number of hydrogen-bond donors (Lipinski definition) is 0. The highest BCUT2D eigenvalue weighted by Crippen LogP contribution is 2.49. The van der Waals surface area contributed by atoms with E-state index < -0.39 is 23.5 Å². The molecule has 2 aliphatic heterocycles. The molecule has 0 N–H and O–H groups in total. The molecule has 2 heterocycles. The third-order valence-electron chi connectivity index (χ3n) is 4.21. The van der Waals surface area contributed by atoms with Gasteiger partial charge in [-0.05, 0) is 18.6 Å². The van der Waals surface area contributed by atoms with E-state index in [0.29, 0.717) is 12.2 Å². The van der Waals surface area contributed by atoms with Gasteiger partial charge in [-0.3, -0.25) is 4.79 Å². The molecule has 5 nitrogen and oxygen atoms in total. The van der Waals surface area contributed by atoms with Crippen molar-refractivity contribution in [1.82, 2.24) is 4.90 Å². The highest BCUT2D eigenvalue weighted by Gasteiger charge is 2.52. The quantitative estimate of drug-likeness (QED) is 0.672. The Morgan fingerprint density at radius 2 is 2.16 bits per heavy atom. The molecule has 0 radical (unpaired) electrons. The van der Waals surface area contributed by atoms with E-state index in [2.05, 4.69) is 0 Å². The predicted molar refractivity (Wildman–Crippen MR) is 64.1 cm³/mol. The largest absolute Gasteiger partial charge is 0.549 e. The van der Waals surface area contributed by atoms with Crippen molar-refractivity contribution in [3.8, 4) is 5.75 Å². The molecular formula is C14H14NO4-. The number of likely N-dealkylation sites (tertiary alicyclic amines) is 1. The molecule has 3 rings (SSSR count). The molecule has 5 heteroatoms. The van der Waals surface area contributed by atoms with Crippen molar-refractivity contribution in [3.63, 3.8) is 0 Å². The first-order chi connectivity index (χ1) is 8.94. The van der Waals surface area contributed by atoms with Gasteiger partial charge in [0.2, 0.25) is 5.91 Å². The van der Waals surface area contributed by atoms with Gasteiger partial charge in [-0.2, -0.15) is 0 Å². The highest BCUT2D eigenvalue weighted by molar-refractivity contribution is 5.98. The Bertz CT molecular complexity index is 570. The van der Waals surface area contributed by atoms with Gasteiger partial charge in [0, 0.05) is 19.4 Å². The average molecular weight is 260 g/mol. The van der Waals surface area contributed by atoms with Crippen LogP contribution in [-0.4, -0.2) is 29.5 Å². The van der Waals surface area contributed by atoms with Crippen molar-refractivity contribution in [2.45, 2.75) is 25.0 Å². The minimum absolute atomic E-state index is 0.386. The van der Waals surface area contributed by atoms with Crippen LogP contribution >= 0.6 is 0 Å². The molecule has 1 aromatic rings. The number of hydrogen-bond acceptors (Lipinski definition) is 4. The average Bonchev–Trinajstić information content (AvgIpc) is 2.36. The van der Waals surface area contributed by atoms with E-state index in [0.717, 1.165) is 5.56 Å². The summed E-state index contributed by atoms with van der Waals surface area (Å²) in [5.41, 5.74) is -0.0159. The van der Waals surface area contributed by atoms with Gasteiger partial charge in [0.25, 0.3) is 0 Å². The summed E-state index contributed by atoms with van der Waals surface area (Å²) in [6.07, 6.45) is 0.463. The number of carbonyl (C=O) groups excluding carboxylic acids is 2. The molecule has 2 aliphatic rings. The van der Waals surface area contributed by atoms with Crippen LogP contribution in [0.15, 0.2) is 24.3 Å². The van der Waals surface area contributed by atoms with Crippen molar-refractivity contribution in [1.29, 1.82) is 0 Å². The maximum Gasteiger partial charge on any atom is 0.234 e. The molecule has 0 aliphatic carbocycles. The van der Waals surface area contributed by atoms with Gasteiger partial charge < -0.3 is 19.5 Å². The lowest BCUT2D eigenvalue weighted by atomic mass is 9.74. The summed E-state index contributed by atoms with van der Waals surface area (Å²) < 4.78 is 5.89. The Morgan fingerprint density at radius 1 is 1.47 bits per heavy atom. The smallest absolute Gasteiger partial charge is 0.234 e. The van der Waals surface area contributed by atoms with Crippen molar-refractivity contribution in [3.05, 3.63) is 29.8 Å². The minimum Gasteiger partial charge on any atom is -0.549 e. The van der Waals surface area contributed by atoms with Crippen molar-refractivity contribution in [2.24, 2.45) is 5.92 Å². The third kappa shape index (κ3) is 1.54. The second-order valence-corrected chi connectivity index (χ2v) is 5.32. The zero-order valence-corrected chi connectivity index (χ0v) is 10.8. The third-order valence-corrected chi connectivity index (χ3v) is 4.21. The first-order valence-corrected chi connectivity index (χ1v) is 6.20. The standard InChI is InChI=1S/C14H15NO4/c1-14-7-9(8-5-3-4-6-10(8)19-14)11(13(17)18)12(16)15(14)2/h3-6,9,11H,7H2,1-2H3,(H,17,18)/p-1/t9-,11+,14-/m1/s1. The fourth-order valence-corrected chi connectivity index (χ4v) is 3.06. The summed E-state index contributed by atoms with van der Waals surface area (Å²) in [5, 5.41) is 11.3. The lowest BCUT2D eigenvalue weighted by Gasteiger charge is -2.52.